The van der Waals surface area contributed by atoms with Crippen LogP contribution in [0.1, 0.15) is 13.8 Å². The van der Waals surface area contributed by atoms with Crippen LogP contribution >= 0.6 is 0 Å². The number of carbonyl (C=O) groups is 2. The van der Waals surface area contributed by atoms with Crippen LogP contribution in [-0.4, -0.2) is 591 Å². The standard InChI is InChI=1S/C70H118N2O56/c1-14(82)71-27-38(93)52(23(10-80)110-60(27)107)121-61-28(72-15(2)83)39(94)53(24(11-81)118-61)122-67-51(106)56(125-69-59(45(100)34(89)20(7-77)116-69)128-70-58(44(99)33(88)21(8-78)117-70)127-66-50(105)54(35(90)22(9-79)114-66)123-63-46(101)40(95)29(84)16(3-73)111-63)37(92)26(120-67)12-108-62-49(104)55(124-64-47(102)41(96)30(85)17(4-74)112-64)36(91)25(119-62)13-109-68-57(43(98)32(87)19(6-76)115-68)126-65-48(103)42(97)31(86)18(5-75)113-65/h16-70,73-81,84-107H,3-13H2,1-2H3,(H,71,82)(H,72,83)/t16-,17-,18-,19-,20-,21-,22-,23-,24-,25-,26-,27-,28-,29-,30-,31-,32-,33-,34-,35-,36-,37-,38-,39-,40+,41+,42+,43+,44+,45+,46-,47+,48+,49+,50+,51+,52-,53-,54+,55+,56+,57+,58+,59+,60-,61+,62+,63+,64-,65-,66-,67+,68+,69-,70-/m1/s1. The fraction of sp³-hybridized carbons (Fsp3) is 0.971. The molecule has 0 radical (unpaired) electrons. The van der Waals surface area contributed by atoms with Crippen molar-refractivity contribution in [3.63, 3.8) is 0 Å². The van der Waals surface area contributed by atoms with Gasteiger partial charge in [-0.05, 0) is 0 Å². The SMILES string of the molecule is CC(=O)N[C@@H]1[C@@H](O)[C@H](O[C@@H]2O[C@H](CO)[C@@H](O[C@@H]3O[C@H](CO[C@H]4O[C@H](CO[C@H]5O[C@H](CO)[C@@H](O)[C@H](O)[C@@H]5O[C@H]5O[C@H](CO)[C@@H](O)[C@H](O)[C@@H]5O)[C@@H](O)[C@H](O[C@H]5O[C@H](CO)[C@@H](O)[C@H](O)[C@@H]5O)[C@@H]4O)[C@@H](O)[C@H](O[C@H]4O[C@H](CO)[C@@H](O)[C@H](O)[C@@H]4O[C@H]4O[C@H](CO)[C@@H](O)[C@H](O)[C@@H]4O[C@H]4O[C@H](CO)[C@@H](O)[C@H](O[C@@H]5O[C@H](CO)[C@@H](O)[C@H](O)[C@H]5O)[C@@H]4O)[C@@H]3O)[C@H](O)[C@H]2NC(C)=O)[C@@H](CO)O[C@H]1O. The molecule has 0 aromatic heterocycles. The molecule has 0 aromatic rings. The first-order valence-electron chi connectivity index (χ1n) is 40.7. The molecule has 58 heteroatoms. The zero-order valence-corrected chi connectivity index (χ0v) is 67.7. The highest BCUT2D eigenvalue weighted by molar-refractivity contribution is 5.73. The van der Waals surface area contributed by atoms with E-state index in [4.69, 9.17) is 99.5 Å². The minimum absolute atomic E-state index is 0.822. The molecule has 11 fully saturated rings. The van der Waals surface area contributed by atoms with Crippen molar-refractivity contribution in [1.82, 2.24) is 10.6 Å². The van der Waals surface area contributed by atoms with Gasteiger partial charge in [-0.15, -0.1) is 0 Å². The first kappa shape index (κ1) is 105. The first-order chi connectivity index (χ1) is 60.7. The van der Waals surface area contributed by atoms with Gasteiger partial charge in [-0.2, -0.15) is 0 Å². The Morgan fingerprint density at radius 2 is 0.430 bits per heavy atom. The van der Waals surface area contributed by atoms with E-state index < -0.39 is 422 Å². The second-order valence-electron chi connectivity index (χ2n) is 32.3. The molecule has 11 aliphatic rings. The molecule has 0 bridgehead atoms. The topological polar surface area (TPSA) is 920 Å². The fourth-order valence-electron chi connectivity index (χ4n) is 16.5. The van der Waals surface area contributed by atoms with Crippen LogP contribution in [0, 0.1) is 0 Å². The Balaban J connectivity index is 0.934. The lowest BCUT2D eigenvalue weighted by Crippen LogP contribution is -2.70. The van der Waals surface area contributed by atoms with E-state index in [0.717, 1.165) is 13.8 Å². The lowest BCUT2D eigenvalue weighted by molar-refractivity contribution is -0.411. The van der Waals surface area contributed by atoms with Gasteiger partial charge in [0.1, 0.15) is 268 Å². The molecule has 35 N–H and O–H groups in total. The van der Waals surface area contributed by atoms with Crippen molar-refractivity contribution < 1.29 is 278 Å². The molecule has 0 saturated carbocycles. The van der Waals surface area contributed by atoms with Crippen LogP contribution in [-0.2, 0) is 109 Å². The Kier molecular flexibility index (Phi) is 37.7. The monoisotopic (exact) mass is 1880 g/mol. The zero-order chi connectivity index (χ0) is 94.0. The van der Waals surface area contributed by atoms with E-state index in [-0.39, 0.29) is 0 Å². The largest absolute Gasteiger partial charge is 0.394 e. The number of amides is 2. The minimum atomic E-state index is -2.69. The van der Waals surface area contributed by atoms with Crippen molar-refractivity contribution in [3.05, 3.63) is 0 Å². The van der Waals surface area contributed by atoms with Gasteiger partial charge < -0.3 is 279 Å². The molecule has 11 rings (SSSR count). The van der Waals surface area contributed by atoms with Crippen molar-refractivity contribution in [2.24, 2.45) is 0 Å². The molecule has 11 saturated heterocycles. The predicted octanol–water partition coefficient (Wildman–Crippen LogP) is -24.7. The van der Waals surface area contributed by atoms with Gasteiger partial charge in [0.15, 0.2) is 69.2 Å². The molecule has 11 aliphatic heterocycles. The van der Waals surface area contributed by atoms with E-state index in [2.05, 4.69) is 10.6 Å². The molecule has 128 heavy (non-hydrogen) atoms. The number of aliphatic hydroxyl groups excluding tert-OH is 33. The number of hydrogen-bond donors (Lipinski definition) is 35. The van der Waals surface area contributed by atoms with Gasteiger partial charge in [-0.3, -0.25) is 9.59 Å². The summed E-state index contributed by atoms with van der Waals surface area (Å²) in [5.74, 6) is -1.82. The summed E-state index contributed by atoms with van der Waals surface area (Å²) in [5.41, 5.74) is 0. The molecular weight excluding hydrogens is 1760 g/mol. The number of ether oxygens (including phenoxy) is 21. The third-order valence-corrected chi connectivity index (χ3v) is 23.8. The summed E-state index contributed by atoms with van der Waals surface area (Å²) in [6.45, 7) is -10.7. The molecule has 744 valence electrons. The van der Waals surface area contributed by atoms with Crippen LogP contribution < -0.4 is 10.6 Å². The molecular formula is C70H118N2O56. The summed E-state index contributed by atoms with van der Waals surface area (Å²) in [5, 5.41) is 372. The van der Waals surface area contributed by atoms with Gasteiger partial charge in [0, 0.05) is 13.8 Å². The van der Waals surface area contributed by atoms with Crippen LogP contribution in [0.5, 0.6) is 0 Å². The van der Waals surface area contributed by atoms with Gasteiger partial charge in [-0.25, -0.2) is 0 Å². The fourth-order valence-corrected chi connectivity index (χ4v) is 16.5. The number of nitrogens with one attached hydrogen (secondary N) is 2. The molecule has 11 heterocycles. The van der Waals surface area contributed by atoms with Crippen molar-refractivity contribution in [2.75, 3.05) is 72.7 Å². The zero-order valence-electron chi connectivity index (χ0n) is 67.7. The van der Waals surface area contributed by atoms with Gasteiger partial charge in [-0.1, -0.05) is 0 Å². The summed E-state index contributed by atoms with van der Waals surface area (Å²) in [4.78, 5) is 25.3. The molecule has 0 aliphatic carbocycles. The summed E-state index contributed by atoms with van der Waals surface area (Å²) < 4.78 is 123. The number of aliphatic hydroxyl groups is 33. The maximum Gasteiger partial charge on any atom is 0.217 e. The van der Waals surface area contributed by atoms with Gasteiger partial charge in [0.25, 0.3) is 0 Å². The van der Waals surface area contributed by atoms with E-state index in [9.17, 15) is 178 Å². The highest BCUT2D eigenvalue weighted by atomic mass is 16.8. The molecule has 2 amide bonds. The minimum Gasteiger partial charge on any atom is -0.394 e. The summed E-state index contributed by atoms with van der Waals surface area (Å²) in [7, 11) is 0. The number of hydrogen-bond acceptors (Lipinski definition) is 56. The van der Waals surface area contributed by atoms with E-state index in [1.54, 1.807) is 0 Å². The second-order valence-corrected chi connectivity index (χ2v) is 32.3. The summed E-state index contributed by atoms with van der Waals surface area (Å²) in [6, 6.07) is -3.70. The highest BCUT2D eigenvalue weighted by Crippen LogP contribution is 2.42. The third kappa shape index (κ3) is 22.5. The maximum atomic E-state index is 13.1. The van der Waals surface area contributed by atoms with E-state index in [1.807, 2.05) is 0 Å². The molecule has 0 aromatic carbocycles. The average Bonchev–Trinajstić information content (AvgIpc) is 0.760. The van der Waals surface area contributed by atoms with Crippen LogP contribution in [0.3, 0.4) is 0 Å². The lowest BCUT2D eigenvalue weighted by atomic mass is 9.94. The van der Waals surface area contributed by atoms with Crippen molar-refractivity contribution in [3.8, 4) is 0 Å². The number of carbonyl (C=O) groups excluding carboxylic acids is 2. The third-order valence-electron chi connectivity index (χ3n) is 23.8. The van der Waals surface area contributed by atoms with E-state index >= 15 is 0 Å². The van der Waals surface area contributed by atoms with Gasteiger partial charge in [0.2, 0.25) is 11.8 Å². The van der Waals surface area contributed by atoms with Gasteiger partial charge in [0.05, 0.1) is 72.7 Å². The maximum absolute atomic E-state index is 13.1. The Hall–Kier alpha value is -3.22. The Morgan fingerprint density at radius 1 is 0.203 bits per heavy atom. The van der Waals surface area contributed by atoms with Crippen LogP contribution in [0.25, 0.3) is 0 Å². The Morgan fingerprint density at radius 3 is 0.797 bits per heavy atom. The smallest absolute Gasteiger partial charge is 0.217 e. The Labute approximate surface area is 722 Å². The lowest BCUT2D eigenvalue weighted by Gasteiger charge is -2.51. The van der Waals surface area contributed by atoms with E-state index in [1.165, 1.54) is 0 Å². The first-order valence-corrected chi connectivity index (χ1v) is 40.7. The number of rotatable bonds is 33. The van der Waals surface area contributed by atoms with Gasteiger partial charge >= 0.3 is 0 Å². The van der Waals surface area contributed by atoms with Crippen molar-refractivity contribution >= 4 is 11.8 Å². The van der Waals surface area contributed by atoms with Crippen molar-refractivity contribution in [2.45, 2.75) is 351 Å². The molecule has 55 atom stereocenters. The van der Waals surface area contributed by atoms with E-state index in [0.29, 0.717) is 0 Å². The molecule has 0 spiro atoms. The van der Waals surface area contributed by atoms with Crippen LogP contribution in [0.15, 0.2) is 0 Å². The van der Waals surface area contributed by atoms with Crippen LogP contribution in [0.4, 0.5) is 0 Å². The Bertz CT molecular complexity index is 3380. The van der Waals surface area contributed by atoms with Crippen molar-refractivity contribution in [1.29, 1.82) is 0 Å². The summed E-state index contributed by atoms with van der Waals surface area (Å²) >= 11 is 0. The molecule has 0 unspecified atom stereocenters. The highest BCUT2D eigenvalue weighted by Gasteiger charge is 2.62. The second kappa shape index (κ2) is 45.8. The average molecular weight is 1880 g/mol. The quantitative estimate of drug-likeness (QED) is 0.0290. The normalized spacial score (nSPS) is 51.7. The predicted molar refractivity (Wildman–Crippen MR) is 386 cm³/mol. The summed E-state index contributed by atoms with van der Waals surface area (Å²) in [6.07, 6.45) is -116. The molecule has 58 nitrogen and oxygen atoms in total. The van der Waals surface area contributed by atoms with Crippen LogP contribution in [0.2, 0.25) is 0 Å².